The first-order valence-corrected chi connectivity index (χ1v) is 7.01. The van der Waals surface area contributed by atoms with E-state index in [9.17, 15) is 4.79 Å². The summed E-state index contributed by atoms with van der Waals surface area (Å²) >= 11 is 5.80. The predicted octanol–water partition coefficient (Wildman–Crippen LogP) is 2.62. The quantitative estimate of drug-likeness (QED) is 0.913. The topological polar surface area (TPSA) is 46.9 Å². The number of carbonyl (C=O) groups excluding carboxylic acids is 1. The van der Waals surface area contributed by atoms with Crippen molar-refractivity contribution in [2.45, 2.75) is 51.6 Å². The molecular weight excluding hydrogens is 250 g/mol. The molecule has 1 aliphatic carbocycles. The number of carbonyl (C=O) groups is 1. The van der Waals surface area contributed by atoms with Crippen LogP contribution in [0.4, 0.5) is 0 Å². The summed E-state index contributed by atoms with van der Waals surface area (Å²) in [5.41, 5.74) is 0. The highest BCUT2D eigenvalue weighted by molar-refractivity contribution is 6.30. The molecule has 0 radical (unpaired) electrons. The first-order valence-electron chi connectivity index (χ1n) is 6.63. The summed E-state index contributed by atoms with van der Waals surface area (Å²) in [4.78, 5) is 12.0. The molecule has 0 aromatic carbocycles. The molecule has 1 saturated carbocycles. The lowest BCUT2D eigenvalue weighted by Crippen LogP contribution is -2.40. The molecule has 2 rings (SSSR count). The van der Waals surface area contributed by atoms with Crippen LogP contribution in [-0.2, 0) is 11.3 Å². The van der Waals surface area contributed by atoms with Crippen molar-refractivity contribution in [3.05, 3.63) is 17.4 Å². The third-order valence-electron chi connectivity index (χ3n) is 3.46. The zero-order chi connectivity index (χ0) is 13.0. The number of amides is 1. The average Bonchev–Trinajstić information content (AvgIpc) is 2.76. The monoisotopic (exact) mass is 269 g/mol. The second-order valence-electron chi connectivity index (χ2n) is 5.13. The molecule has 0 saturated heterocycles. The van der Waals surface area contributed by atoms with E-state index >= 15 is 0 Å². The van der Waals surface area contributed by atoms with Gasteiger partial charge in [0.1, 0.15) is 0 Å². The maximum absolute atomic E-state index is 12.0. The number of aromatic nitrogens is 2. The summed E-state index contributed by atoms with van der Waals surface area (Å²) in [5, 5.41) is 7.83. The van der Waals surface area contributed by atoms with Crippen molar-refractivity contribution in [3.8, 4) is 0 Å². The van der Waals surface area contributed by atoms with Crippen LogP contribution in [0.25, 0.3) is 0 Å². The van der Waals surface area contributed by atoms with Gasteiger partial charge in [-0.1, -0.05) is 37.8 Å². The zero-order valence-electron chi connectivity index (χ0n) is 10.7. The van der Waals surface area contributed by atoms with Crippen molar-refractivity contribution >= 4 is 17.5 Å². The Hall–Kier alpha value is -1.03. The first kappa shape index (κ1) is 13.4. The van der Waals surface area contributed by atoms with Crippen molar-refractivity contribution in [3.63, 3.8) is 0 Å². The highest BCUT2D eigenvalue weighted by Gasteiger charge is 2.19. The number of hydrogen-bond donors (Lipinski definition) is 1. The van der Waals surface area contributed by atoms with Crippen LogP contribution in [0.3, 0.4) is 0 Å². The van der Waals surface area contributed by atoms with Gasteiger partial charge in [-0.25, -0.2) is 0 Å². The SMILES string of the molecule is C[C@@H](Cn1cc(Cl)cn1)C(=O)NC1CCCCC1. The van der Waals surface area contributed by atoms with Gasteiger partial charge in [-0.05, 0) is 12.8 Å². The van der Waals surface area contributed by atoms with Crippen molar-refractivity contribution in [2.75, 3.05) is 0 Å². The summed E-state index contributed by atoms with van der Waals surface area (Å²) in [6.07, 6.45) is 9.33. The second kappa shape index (κ2) is 6.23. The predicted molar refractivity (Wildman–Crippen MR) is 71.4 cm³/mol. The lowest BCUT2D eigenvalue weighted by atomic mass is 9.95. The van der Waals surface area contributed by atoms with Crippen LogP contribution in [0, 0.1) is 5.92 Å². The van der Waals surface area contributed by atoms with Gasteiger partial charge in [0.05, 0.1) is 23.7 Å². The molecule has 0 bridgehead atoms. The van der Waals surface area contributed by atoms with Crippen LogP contribution < -0.4 is 5.32 Å². The van der Waals surface area contributed by atoms with Crippen LogP contribution in [0.1, 0.15) is 39.0 Å². The number of nitrogens with zero attached hydrogens (tertiary/aromatic N) is 2. The average molecular weight is 270 g/mol. The zero-order valence-corrected chi connectivity index (χ0v) is 11.5. The standard InChI is InChI=1S/C13H20ClN3O/c1-10(8-17-9-11(14)7-15-17)13(18)16-12-5-3-2-4-6-12/h7,9-10,12H,2-6,8H2,1H3,(H,16,18)/t10-/m0/s1. The van der Waals surface area contributed by atoms with Crippen molar-refractivity contribution in [1.29, 1.82) is 0 Å². The van der Waals surface area contributed by atoms with Gasteiger partial charge in [0, 0.05) is 12.2 Å². The fourth-order valence-electron chi connectivity index (χ4n) is 2.39. The van der Waals surface area contributed by atoms with E-state index in [-0.39, 0.29) is 11.8 Å². The maximum atomic E-state index is 12.0. The van der Waals surface area contributed by atoms with Crippen molar-refractivity contribution in [1.82, 2.24) is 15.1 Å². The molecular formula is C13H20ClN3O. The molecule has 5 heteroatoms. The maximum Gasteiger partial charge on any atom is 0.224 e. The Bertz CT molecular complexity index is 399. The Morgan fingerprint density at radius 3 is 2.89 bits per heavy atom. The normalized spacial score (nSPS) is 18.6. The van der Waals surface area contributed by atoms with E-state index in [0.29, 0.717) is 17.6 Å². The first-order chi connectivity index (χ1) is 8.65. The van der Waals surface area contributed by atoms with Gasteiger partial charge in [-0.2, -0.15) is 5.10 Å². The molecule has 1 heterocycles. The molecule has 1 atom stereocenters. The Kier molecular flexibility index (Phi) is 4.64. The minimum atomic E-state index is -0.0807. The Balaban J connectivity index is 1.80. The van der Waals surface area contributed by atoms with Gasteiger partial charge in [0.15, 0.2) is 0 Å². The molecule has 18 heavy (non-hydrogen) atoms. The summed E-state index contributed by atoms with van der Waals surface area (Å²) in [5.74, 6) is 0.0383. The Labute approximate surface area is 113 Å². The molecule has 1 N–H and O–H groups in total. The minimum absolute atomic E-state index is 0.0807. The lowest BCUT2D eigenvalue weighted by molar-refractivity contribution is -0.125. The largest absolute Gasteiger partial charge is 0.353 e. The van der Waals surface area contributed by atoms with E-state index in [1.54, 1.807) is 17.1 Å². The molecule has 100 valence electrons. The summed E-state index contributed by atoms with van der Waals surface area (Å²) < 4.78 is 1.72. The number of rotatable bonds is 4. The molecule has 1 fully saturated rings. The molecule has 1 aliphatic rings. The van der Waals surface area contributed by atoms with E-state index < -0.39 is 0 Å². The lowest BCUT2D eigenvalue weighted by Gasteiger charge is -2.24. The molecule has 1 aromatic rings. The van der Waals surface area contributed by atoms with Gasteiger partial charge >= 0.3 is 0 Å². The van der Waals surface area contributed by atoms with Crippen LogP contribution in [-0.4, -0.2) is 21.7 Å². The van der Waals surface area contributed by atoms with Crippen LogP contribution >= 0.6 is 11.6 Å². The molecule has 1 aromatic heterocycles. The van der Waals surface area contributed by atoms with Crippen LogP contribution in [0.2, 0.25) is 5.02 Å². The van der Waals surface area contributed by atoms with Crippen LogP contribution in [0.5, 0.6) is 0 Å². The smallest absolute Gasteiger partial charge is 0.224 e. The van der Waals surface area contributed by atoms with E-state index in [1.807, 2.05) is 6.92 Å². The van der Waals surface area contributed by atoms with Crippen LogP contribution in [0.15, 0.2) is 12.4 Å². The second-order valence-corrected chi connectivity index (χ2v) is 5.56. The van der Waals surface area contributed by atoms with E-state index in [1.165, 1.54) is 19.3 Å². The third kappa shape index (κ3) is 3.73. The summed E-state index contributed by atoms with van der Waals surface area (Å²) in [7, 11) is 0. The van der Waals surface area contributed by atoms with Gasteiger partial charge < -0.3 is 5.32 Å². The molecule has 0 spiro atoms. The molecule has 0 aliphatic heterocycles. The van der Waals surface area contributed by atoms with Gasteiger partial charge in [-0.15, -0.1) is 0 Å². The molecule has 4 nitrogen and oxygen atoms in total. The number of halogens is 1. The van der Waals surface area contributed by atoms with E-state index in [0.717, 1.165) is 12.8 Å². The summed E-state index contributed by atoms with van der Waals surface area (Å²) in [6, 6.07) is 0.370. The fraction of sp³-hybridized carbons (Fsp3) is 0.692. The van der Waals surface area contributed by atoms with Gasteiger partial charge in [0.2, 0.25) is 5.91 Å². The third-order valence-corrected chi connectivity index (χ3v) is 3.66. The highest BCUT2D eigenvalue weighted by atomic mass is 35.5. The Morgan fingerprint density at radius 2 is 2.28 bits per heavy atom. The van der Waals surface area contributed by atoms with Gasteiger partial charge in [0.25, 0.3) is 0 Å². The minimum Gasteiger partial charge on any atom is -0.353 e. The van der Waals surface area contributed by atoms with Crippen molar-refractivity contribution < 1.29 is 4.79 Å². The Morgan fingerprint density at radius 1 is 1.56 bits per heavy atom. The van der Waals surface area contributed by atoms with E-state index in [2.05, 4.69) is 10.4 Å². The molecule has 0 unspecified atom stereocenters. The van der Waals surface area contributed by atoms with Gasteiger partial charge in [-0.3, -0.25) is 9.48 Å². The number of nitrogens with one attached hydrogen (secondary N) is 1. The fourth-order valence-corrected chi connectivity index (χ4v) is 2.55. The highest BCUT2D eigenvalue weighted by Crippen LogP contribution is 2.18. The number of hydrogen-bond acceptors (Lipinski definition) is 2. The van der Waals surface area contributed by atoms with Crippen molar-refractivity contribution in [2.24, 2.45) is 5.92 Å². The van der Waals surface area contributed by atoms with E-state index in [4.69, 9.17) is 11.6 Å². The molecule has 1 amide bonds. The summed E-state index contributed by atoms with van der Waals surface area (Å²) in [6.45, 7) is 2.50.